The van der Waals surface area contributed by atoms with Gasteiger partial charge in [-0.25, -0.2) is 4.85 Å². The molecule has 3 fully saturated rings. The van der Waals surface area contributed by atoms with Crippen molar-refractivity contribution in [2.45, 2.75) is 70.5 Å². The average Bonchev–Trinajstić information content (AvgIpc) is 3.63. The zero-order valence-electron chi connectivity index (χ0n) is 18.1. The molecular weight excluding hydrogens is 392 g/mol. The second kappa shape index (κ2) is 9.81. The number of carbonyl (C=O) groups is 1. The van der Waals surface area contributed by atoms with Crippen LogP contribution in [0.2, 0.25) is 0 Å². The highest BCUT2D eigenvalue weighted by molar-refractivity contribution is 5.79. The van der Waals surface area contributed by atoms with Gasteiger partial charge in [0.05, 0.1) is 43.4 Å². The molecule has 1 aromatic rings. The first-order chi connectivity index (χ1) is 15.1. The predicted molar refractivity (Wildman–Crippen MR) is 115 cm³/mol. The van der Waals surface area contributed by atoms with E-state index in [0.717, 1.165) is 63.2 Å². The van der Waals surface area contributed by atoms with Crippen molar-refractivity contribution in [3.8, 4) is 11.8 Å². The number of ether oxygens (including phenoxy) is 3. The molecule has 1 saturated heterocycles. The quantitative estimate of drug-likeness (QED) is 0.276. The average molecular weight is 423 g/mol. The minimum atomic E-state index is -0.268. The number of nitrogens with zero attached hydrogens (tertiary/aromatic N) is 2. The van der Waals surface area contributed by atoms with Gasteiger partial charge in [-0.05, 0) is 81.8 Å². The van der Waals surface area contributed by atoms with Gasteiger partial charge in [0.1, 0.15) is 11.9 Å². The highest BCUT2D eigenvalue weighted by Gasteiger charge is 2.34. The van der Waals surface area contributed by atoms with Crippen LogP contribution in [0.25, 0.3) is 4.85 Å². The minimum Gasteiger partial charge on any atom is -0.438 e. The van der Waals surface area contributed by atoms with Crippen LogP contribution in [-0.4, -0.2) is 31.4 Å². The summed E-state index contributed by atoms with van der Waals surface area (Å²) < 4.78 is 16.8. The van der Waals surface area contributed by atoms with E-state index in [2.05, 4.69) is 4.85 Å². The molecule has 0 spiro atoms. The third-order valence-electron chi connectivity index (χ3n) is 7.19. The summed E-state index contributed by atoms with van der Waals surface area (Å²) in [5.74, 6) is 1.23. The number of aryl methyl sites for hydroxylation is 1. The summed E-state index contributed by atoms with van der Waals surface area (Å²) >= 11 is 0. The van der Waals surface area contributed by atoms with Crippen molar-refractivity contribution in [2.75, 3.05) is 13.2 Å². The van der Waals surface area contributed by atoms with Crippen LogP contribution in [0, 0.1) is 42.6 Å². The van der Waals surface area contributed by atoms with E-state index in [1.54, 1.807) is 19.1 Å². The fourth-order valence-electron chi connectivity index (χ4n) is 5.16. The molecule has 0 amide bonds. The van der Waals surface area contributed by atoms with Crippen molar-refractivity contribution < 1.29 is 19.0 Å². The van der Waals surface area contributed by atoms with Gasteiger partial charge in [0.15, 0.2) is 0 Å². The maximum absolute atomic E-state index is 12.7. The Morgan fingerprint density at radius 1 is 1.16 bits per heavy atom. The van der Waals surface area contributed by atoms with Gasteiger partial charge in [0, 0.05) is 0 Å². The number of epoxide rings is 1. The van der Waals surface area contributed by atoms with Gasteiger partial charge in [0.2, 0.25) is 5.69 Å². The monoisotopic (exact) mass is 422 g/mol. The van der Waals surface area contributed by atoms with Gasteiger partial charge < -0.3 is 14.2 Å². The fourth-order valence-corrected chi connectivity index (χ4v) is 5.16. The first-order valence-corrected chi connectivity index (χ1v) is 11.4. The van der Waals surface area contributed by atoms with E-state index in [1.165, 1.54) is 12.8 Å². The number of rotatable bonds is 6. The topological polar surface area (TPSA) is 76.2 Å². The van der Waals surface area contributed by atoms with Crippen LogP contribution in [0.5, 0.6) is 5.75 Å². The van der Waals surface area contributed by atoms with Gasteiger partial charge in [-0.15, -0.1) is 0 Å². The van der Waals surface area contributed by atoms with E-state index in [1.807, 2.05) is 6.07 Å². The van der Waals surface area contributed by atoms with E-state index in [4.69, 9.17) is 20.8 Å². The molecule has 0 N–H and O–H groups in total. The summed E-state index contributed by atoms with van der Waals surface area (Å²) in [4.78, 5) is 16.2. The maximum atomic E-state index is 12.7. The highest BCUT2D eigenvalue weighted by atomic mass is 16.6. The van der Waals surface area contributed by atoms with Crippen LogP contribution in [0.4, 0.5) is 5.69 Å². The van der Waals surface area contributed by atoms with E-state index in [9.17, 15) is 10.1 Å². The molecule has 2 saturated carbocycles. The lowest BCUT2D eigenvalue weighted by Crippen LogP contribution is -2.31. The molecule has 0 aromatic heterocycles. The molecule has 4 rings (SSSR count). The lowest BCUT2D eigenvalue weighted by atomic mass is 9.70. The molecule has 3 aliphatic rings. The first-order valence-electron chi connectivity index (χ1n) is 11.4. The van der Waals surface area contributed by atoms with Crippen LogP contribution < -0.4 is 4.74 Å². The summed E-state index contributed by atoms with van der Waals surface area (Å²) in [6.45, 7) is 10.8. The van der Waals surface area contributed by atoms with Crippen LogP contribution in [0.3, 0.4) is 0 Å². The standard InChI is InChI=1S/C25H30N2O4/c1-16-3-12-23(24(27-2)22(16)13-26)31-25(28)19-6-4-17(5-7-19)18-8-10-20(11-9-18)29-14-21-15-30-21/h3,12,17-21H,4-11,14-15H2,1H3. The second-order valence-electron chi connectivity index (χ2n) is 9.19. The van der Waals surface area contributed by atoms with E-state index < -0.39 is 0 Å². The number of benzene rings is 1. The predicted octanol–water partition coefficient (Wildman–Crippen LogP) is 5.10. The highest BCUT2D eigenvalue weighted by Crippen LogP contribution is 2.41. The molecule has 1 unspecified atom stereocenters. The Kier molecular flexibility index (Phi) is 6.90. The lowest BCUT2D eigenvalue weighted by Gasteiger charge is -2.37. The van der Waals surface area contributed by atoms with E-state index in [0.29, 0.717) is 18.1 Å². The Morgan fingerprint density at radius 2 is 1.81 bits per heavy atom. The van der Waals surface area contributed by atoms with Crippen LogP contribution in [0.1, 0.15) is 62.5 Å². The molecule has 0 bridgehead atoms. The normalized spacial score (nSPS) is 30.1. The van der Waals surface area contributed by atoms with E-state index >= 15 is 0 Å². The zero-order valence-corrected chi connectivity index (χ0v) is 18.1. The van der Waals surface area contributed by atoms with Gasteiger partial charge in [-0.1, -0.05) is 6.07 Å². The van der Waals surface area contributed by atoms with Crippen molar-refractivity contribution in [1.82, 2.24) is 0 Å². The molecular formula is C25H30N2O4. The molecule has 164 valence electrons. The zero-order chi connectivity index (χ0) is 21.8. The molecule has 6 nitrogen and oxygen atoms in total. The number of esters is 1. The first kappa shape index (κ1) is 21.8. The number of hydrogen-bond donors (Lipinski definition) is 0. The number of carbonyl (C=O) groups excluding carboxylic acids is 1. The lowest BCUT2D eigenvalue weighted by molar-refractivity contribution is -0.140. The molecule has 31 heavy (non-hydrogen) atoms. The molecule has 6 heteroatoms. The summed E-state index contributed by atoms with van der Waals surface area (Å²) in [6, 6.07) is 5.40. The minimum absolute atomic E-state index is 0.125. The second-order valence-corrected chi connectivity index (χ2v) is 9.19. The van der Waals surface area contributed by atoms with E-state index in [-0.39, 0.29) is 28.9 Å². The van der Waals surface area contributed by atoms with Crippen molar-refractivity contribution in [1.29, 1.82) is 5.26 Å². The summed E-state index contributed by atoms with van der Waals surface area (Å²) in [7, 11) is 0. The van der Waals surface area contributed by atoms with Crippen molar-refractivity contribution in [3.05, 3.63) is 34.7 Å². The van der Waals surface area contributed by atoms with Gasteiger partial charge in [-0.3, -0.25) is 4.79 Å². The summed E-state index contributed by atoms with van der Waals surface area (Å²) in [5.41, 5.74) is 1.14. The van der Waals surface area contributed by atoms with Crippen molar-refractivity contribution >= 4 is 11.7 Å². The molecule has 1 atom stereocenters. The van der Waals surface area contributed by atoms with Gasteiger partial charge in [-0.2, -0.15) is 5.26 Å². The molecule has 0 radical (unpaired) electrons. The SMILES string of the molecule is [C-]#[N+]c1c(OC(=O)C2CCC(C3CCC(OCC4CO4)CC3)CC2)ccc(C)c1C#N. The third kappa shape index (κ3) is 5.26. The third-order valence-corrected chi connectivity index (χ3v) is 7.19. The van der Waals surface area contributed by atoms with Crippen molar-refractivity contribution in [3.63, 3.8) is 0 Å². The molecule has 1 aliphatic heterocycles. The molecule has 2 aliphatic carbocycles. The van der Waals surface area contributed by atoms with Crippen LogP contribution in [0.15, 0.2) is 12.1 Å². The molecule has 1 aromatic carbocycles. The summed E-state index contributed by atoms with van der Waals surface area (Å²) in [6.07, 6.45) is 9.20. The molecule has 1 heterocycles. The van der Waals surface area contributed by atoms with Crippen LogP contribution in [-0.2, 0) is 14.3 Å². The number of nitriles is 1. The maximum Gasteiger partial charge on any atom is 0.313 e. The van der Waals surface area contributed by atoms with Gasteiger partial charge in [0.25, 0.3) is 0 Å². The van der Waals surface area contributed by atoms with Crippen molar-refractivity contribution in [2.24, 2.45) is 17.8 Å². The Morgan fingerprint density at radius 3 is 2.39 bits per heavy atom. The Bertz CT molecular complexity index is 880. The summed E-state index contributed by atoms with van der Waals surface area (Å²) in [5, 5.41) is 9.32. The fraction of sp³-hybridized carbons (Fsp3) is 0.640. The smallest absolute Gasteiger partial charge is 0.313 e. The Balaban J connectivity index is 1.25. The largest absolute Gasteiger partial charge is 0.438 e. The Hall–Kier alpha value is -2.41. The Labute approximate surface area is 184 Å². The van der Waals surface area contributed by atoms with Crippen LogP contribution >= 0.6 is 0 Å². The number of hydrogen-bond acceptors (Lipinski definition) is 5. The van der Waals surface area contributed by atoms with Gasteiger partial charge >= 0.3 is 5.97 Å².